The second-order valence-electron chi connectivity index (χ2n) is 4.57. The standard InChI is InChI=1S/C11H20N8O2/c12-8(20)7-21-6-3-14-9-15-10(18-13)17-11(16-9)19-4-1-2-5-19/h1-7,13H2,(H2,12,20)(H2,14,15,16,17,18). The monoisotopic (exact) mass is 296 g/mol. The summed E-state index contributed by atoms with van der Waals surface area (Å²) in [6, 6.07) is 0. The van der Waals surface area contributed by atoms with E-state index in [0.717, 1.165) is 25.9 Å². The van der Waals surface area contributed by atoms with Crippen molar-refractivity contribution in [3.8, 4) is 0 Å². The zero-order valence-corrected chi connectivity index (χ0v) is 11.7. The molecule has 6 N–H and O–H groups in total. The van der Waals surface area contributed by atoms with Gasteiger partial charge in [0, 0.05) is 19.6 Å². The highest BCUT2D eigenvalue weighted by Gasteiger charge is 2.17. The molecular formula is C11H20N8O2. The zero-order valence-electron chi connectivity index (χ0n) is 11.7. The lowest BCUT2D eigenvalue weighted by atomic mass is 10.4. The molecule has 0 spiro atoms. The highest BCUT2D eigenvalue weighted by Crippen LogP contribution is 2.18. The Labute approximate surface area is 122 Å². The van der Waals surface area contributed by atoms with Gasteiger partial charge in [0.25, 0.3) is 0 Å². The van der Waals surface area contributed by atoms with Gasteiger partial charge < -0.3 is 20.7 Å². The van der Waals surface area contributed by atoms with Crippen molar-refractivity contribution in [3.05, 3.63) is 0 Å². The molecule has 10 heteroatoms. The van der Waals surface area contributed by atoms with Gasteiger partial charge in [-0.05, 0) is 12.8 Å². The summed E-state index contributed by atoms with van der Waals surface area (Å²) in [6.07, 6.45) is 2.25. The van der Waals surface area contributed by atoms with Gasteiger partial charge >= 0.3 is 0 Å². The summed E-state index contributed by atoms with van der Waals surface area (Å²) < 4.78 is 5.04. The lowest BCUT2D eigenvalue weighted by Gasteiger charge is -2.16. The van der Waals surface area contributed by atoms with E-state index in [1.807, 2.05) is 0 Å². The van der Waals surface area contributed by atoms with Crippen LogP contribution >= 0.6 is 0 Å². The predicted octanol–water partition coefficient (Wildman–Crippen LogP) is -1.33. The van der Waals surface area contributed by atoms with Crippen LogP contribution in [0.4, 0.5) is 17.8 Å². The molecule has 0 aliphatic carbocycles. The van der Waals surface area contributed by atoms with Crippen LogP contribution < -0.4 is 27.2 Å². The molecule has 10 nitrogen and oxygen atoms in total. The van der Waals surface area contributed by atoms with E-state index in [4.69, 9.17) is 16.3 Å². The first-order chi connectivity index (χ1) is 10.2. The van der Waals surface area contributed by atoms with Crippen LogP contribution in [0, 0.1) is 0 Å². The molecule has 1 saturated heterocycles. The number of hydrogen-bond donors (Lipinski definition) is 4. The third-order valence-electron chi connectivity index (χ3n) is 2.92. The van der Waals surface area contributed by atoms with Crippen LogP contribution in [0.3, 0.4) is 0 Å². The van der Waals surface area contributed by atoms with Crippen LogP contribution in [0.25, 0.3) is 0 Å². The van der Waals surface area contributed by atoms with Gasteiger partial charge in [-0.1, -0.05) is 0 Å². The molecule has 2 rings (SSSR count). The van der Waals surface area contributed by atoms with Crippen molar-refractivity contribution in [2.45, 2.75) is 12.8 Å². The fourth-order valence-corrected chi connectivity index (χ4v) is 1.97. The van der Waals surface area contributed by atoms with Crippen molar-refractivity contribution in [1.29, 1.82) is 0 Å². The maximum Gasteiger partial charge on any atom is 0.243 e. The van der Waals surface area contributed by atoms with Crippen molar-refractivity contribution in [2.24, 2.45) is 11.6 Å². The second kappa shape index (κ2) is 7.55. The molecule has 0 unspecified atom stereocenters. The minimum absolute atomic E-state index is 0.104. The predicted molar refractivity (Wildman–Crippen MR) is 77.6 cm³/mol. The minimum atomic E-state index is -0.499. The molecule has 2 heterocycles. The number of hydrogen-bond acceptors (Lipinski definition) is 9. The number of rotatable bonds is 8. The van der Waals surface area contributed by atoms with Gasteiger partial charge in [-0.3, -0.25) is 10.2 Å². The van der Waals surface area contributed by atoms with E-state index in [1.165, 1.54) is 0 Å². The summed E-state index contributed by atoms with van der Waals surface area (Å²) in [7, 11) is 0. The summed E-state index contributed by atoms with van der Waals surface area (Å²) in [6.45, 7) is 2.51. The Morgan fingerprint density at radius 2 is 1.95 bits per heavy atom. The Kier molecular flexibility index (Phi) is 5.46. The Morgan fingerprint density at radius 1 is 1.24 bits per heavy atom. The van der Waals surface area contributed by atoms with Gasteiger partial charge in [0.2, 0.25) is 23.8 Å². The second-order valence-corrected chi connectivity index (χ2v) is 4.57. The summed E-state index contributed by atoms with van der Waals surface area (Å²) >= 11 is 0. The molecule has 1 amide bonds. The lowest BCUT2D eigenvalue weighted by molar-refractivity contribution is -0.122. The number of nitrogens with zero attached hydrogens (tertiary/aromatic N) is 4. The molecule has 1 fully saturated rings. The fraction of sp³-hybridized carbons (Fsp3) is 0.636. The first kappa shape index (κ1) is 15.2. The van der Waals surface area contributed by atoms with Gasteiger partial charge in [-0.2, -0.15) is 15.0 Å². The van der Waals surface area contributed by atoms with E-state index in [2.05, 4.69) is 30.6 Å². The highest BCUT2D eigenvalue weighted by atomic mass is 16.5. The number of nitrogens with one attached hydrogen (secondary N) is 2. The molecular weight excluding hydrogens is 276 g/mol. The maximum absolute atomic E-state index is 10.5. The van der Waals surface area contributed by atoms with Crippen LogP contribution in [0.5, 0.6) is 0 Å². The molecule has 0 aromatic carbocycles. The van der Waals surface area contributed by atoms with Crippen LogP contribution in [0.2, 0.25) is 0 Å². The summed E-state index contributed by atoms with van der Waals surface area (Å²) in [4.78, 5) is 25.3. The molecule has 1 aromatic heterocycles. The van der Waals surface area contributed by atoms with E-state index in [0.29, 0.717) is 31.0 Å². The van der Waals surface area contributed by atoms with E-state index in [1.54, 1.807) is 0 Å². The van der Waals surface area contributed by atoms with Crippen LogP contribution in [-0.4, -0.2) is 53.7 Å². The van der Waals surface area contributed by atoms with Crippen molar-refractivity contribution >= 4 is 23.8 Å². The number of hydrazine groups is 1. The van der Waals surface area contributed by atoms with Gasteiger partial charge in [0.05, 0.1) is 6.61 Å². The number of amides is 1. The summed E-state index contributed by atoms with van der Waals surface area (Å²) in [5, 5.41) is 3.00. The Bertz CT molecular complexity index is 477. The van der Waals surface area contributed by atoms with E-state index in [9.17, 15) is 4.79 Å². The molecule has 21 heavy (non-hydrogen) atoms. The number of ether oxygens (including phenoxy) is 1. The van der Waals surface area contributed by atoms with Gasteiger partial charge in [-0.15, -0.1) is 0 Å². The topological polar surface area (TPSA) is 144 Å². The average Bonchev–Trinajstić information content (AvgIpc) is 3.00. The zero-order chi connectivity index (χ0) is 15.1. The Morgan fingerprint density at radius 3 is 2.62 bits per heavy atom. The highest BCUT2D eigenvalue weighted by molar-refractivity contribution is 5.74. The Hall–Kier alpha value is -2.20. The number of carbonyl (C=O) groups is 1. The van der Waals surface area contributed by atoms with Crippen LogP contribution in [0.15, 0.2) is 0 Å². The van der Waals surface area contributed by atoms with Crippen LogP contribution in [-0.2, 0) is 9.53 Å². The first-order valence-electron chi connectivity index (χ1n) is 6.76. The third kappa shape index (κ3) is 4.68. The number of aromatic nitrogens is 3. The molecule has 0 atom stereocenters. The van der Waals surface area contributed by atoms with E-state index in [-0.39, 0.29) is 6.61 Å². The molecule has 1 aromatic rings. The molecule has 0 radical (unpaired) electrons. The van der Waals surface area contributed by atoms with Gasteiger partial charge in [0.1, 0.15) is 6.61 Å². The molecule has 0 bridgehead atoms. The van der Waals surface area contributed by atoms with E-state index >= 15 is 0 Å². The van der Waals surface area contributed by atoms with Gasteiger partial charge in [0.15, 0.2) is 0 Å². The molecule has 1 aliphatic rings. The SMILES string of the molecule is NNc1nc(NCCOCC(N)=O)nc(N2CCCC2)n1. The van der Waals surface area contributed by atoms with Crippen molar-refractivity contribution in [2.75, 3.05) is 48.5 Å². The number of nitrogens with two attached hydrogens (primary N) is 2. The molecule has 1 aliphatic heterocycles. The van der Waals surface area contributed by atoms with Crippen LogP contribution in [0.1, 0.15) is 12.8 Å². The molecule has 116 valence electrons. The van der Waals surface area contributed by atoms with E-state index < -0.39 is 5.91 Å². The quantitative estimate of drug-likeness (QED) is 0.260. The van der Waals surface area contributed by atoms with Gasteiger partial charge in [-0.25, -0.2) is 5.84 Å². The smallest absolute Gasteiger partial charge is 0.243 e. The third-order valence-corrected chi connectivity index (χ3v) is 2.92. The normalized spacial score (nSPS) is 14.2. The number of nitrogen functional groups attached to an aromatic ring is 1. The minimum Gasteiger partial charge on any atom is -0.370 e. The van der Waals surface area contributed by atoms with Crippen molar-refractivity contribution in [1.82, 2.24) is 15.0 Å². The number of carbonyl (C=O) groups excluding carboxylic acids is 1. The maximum atomic E-state index is 10.5. The summed E-state index contributed by atoms with van der Waals surface area (Å²) in [5.74, 6) is 6.17. The number of anilines is 3. The Balaban J connectivity index is 1.91. The average molecular weight is 296 g/mol. The lowest BCUT2D eigenvalue weighted by Crippen LogP contribution is -2.24. The van der Waals surface area contributed by atoms with Crippen molar-refractivity contribution in [3.63, 3.8) is 0 Å². The molecule has 0 saturated carbocycles. The first-order valence-corrected chi connectivity index (χ1v) is 6.76. The number of primary amides is 1. The fourth-order valence-electron chi connectivity index (χ4n) is 1.97. The van der Waals surface area contributed by atoms with Crippen molar-refractivity contribution < 1.29 is 9.53 Å². The largest absolute Gasteiger partial charge is 0.370 e. The summed E-state index contributed by atoms with van der Waals surface area (Å²) in [5.41, 5.74) is 7.39.